The molecule has 0 bridgehead atoms. The topological polar surface area (TPSA) is 67.2 Å². The molecule has 3 rings (SSSR count). The van der Waals surface area contributed by atoms with Gasteiger partial charge in [0.15, 0.2) is 11.5 Å². The number of aromatic nitrogens is 2. The minimum Gasteiger partial charge on any atom is -0.504 e. The van der Waals surface area contributed by atoms with Gasteiger partial charge in [-0.1, -0.05) is 30.8 Å². The molecule has 0 radical (unpaired) electrons. The molecule has 0 atom stereocenters. The molecule has 2 N–H and O–H groups in total. The first kappa shape index (κ1) is 15.7. The van der Waals surface area contributed by atoms with Crippen LogP contribution in [0.4, 0.5) is 0 Å². The van der Waals surface area contributed by atoms with E-state index in [0.29, 0.717) is 22.9 Å². The number of phenolic OH excluding ortho intramolecular Hbond substituents is 1. The van der Waals surface area contributed by atoms with E-state index in [1.807, 2.05) is 37.3 Å². The monoisotopic (exact) mass is 322 g/mol. The minimum atomic E-state index is -0.183. The molecule has 0 aliphatic carbocycles. The molecular formula is C19H18N2O3. The summed E-state index contributed by atoms with van der Waals surface area (Å²) in [5, 5.41) is 13.7. The average molecular weight is 322 g/mol. The Kier molecular flexibility index (Phi) is 4.24. The van der Waals surface area contributed by atoms with E-state index in [9.17, 15) is 9.90 Å². The van der Waals surface area contributed by atoms with Crippen molar-refractivity contribution in [3.05, 3.63) is 75.0 Å². The molecule has 0 amide bonds. The summed E-state index contributed by atoms with van der Waals surface area (Å²) in [7, 11) is 0. The van der Waals surface area contributed by atoms with Crippen molar-refractivity contribution in [2.45, 2.75) is 6.92 Å². The van der Waals surface area contributed by atoms with Crippen molar-refractivity contribution in [3.8, 4) is 17.2 Å². The van der Waals surface area contributed by atoms with Gasteiger partial charge in [0, 0.05) is 0 Å². The third-order valence-corrected chi connectivity index (χ3v) is 3.61. The van der Waals surface area contributed by atoms with Crippen molar-refractivity contribution in [2.24, 2.45) is 0 Å². The lowest BCUT2D eigenvalue weighted by atomic mass is 10.1. The maximum atomic E-state index is 12.7. The summed E-state index contributed by atoms with van der Waals surface area (Å²) >= 11 is 0. The van der Waals surface area contributed by atoms with Gasteiger partial charge < -0.3 is 9.84 Å². The number of aromatic amines is 1. The number of para-hydroxylation sites is 1. The predicted octanol–water partition coefficient (Wildman–Crippen LogP) is 1.51. The summed E-state index contributed by atoms with van der Waals surface area (Å²) in [4.78, 5) is 12.7. The van der Waals surface area contributed by atoms with Gasteiger partial charge in [-0.2, -0.15) is 0 Å². The van der Waals surface area contributed by atoms with Gasteiger partial charge >= 0.3 is 0 Å². The zero-order valence-corrected chi connectivity index (χ0v) is 13.3. The fourth-order valence-electron chi connectivity index (χ4n) is 2.46. The highest BCUT2D eigenvalue weighted by atomic mass is 16.5. The van der Waals surface area contributed by atoms with E-state index in [1.54, 1.807) is 24.3 Å². The first-order valence-corrected chi connectivity index (χ1v) is 7.63. The smallest absolute Gasteiger partial charge is 0.279 e. The van der Waals surface area contributed by atoms with Gasteiger partial charge in [-0.05, 0) is 42.8 Å². The maximum Gasteiger partial charge on any atom is 0.279 e. The van der Waals surface area contributed by atoms with Crippen LogP contribution in [0.3, 0.4) is 0 Å². The van der Waals surface area contributed by atoms with Gasteiger partial charge in [0.1, 0.15) is 0 Å². The Bertz CT molecular complexity index is 1020. The third kappa shape index (κ3) is 2.96. The fourth-order valence-corrected chi connectivity index (χ4v) is 2.46. The van der Waals surface area contributed by atoms with Crippen molar-refractivity contribution >= 4 is 12.7 Å². The molecule has 5 heteroatoms. The molecule has 0 aliphatic rings. The van der Waals surface area contributed by atoms with Crippen LogP contribution in [0.5, 0.6) is 11.5 Å². The number of benzene rings is 2. The molecular weight excluding hydrogens is 304 g/mol. The number of phenols is 1. The Hall–Kier alpha value is -3.21. The van der Waals surface area contributed by atoms with E-state index in [1.165, 1.54) is 4.68 Å². The average Bonchev–Trinajstić information content (AvgIpc) is 2.87. The lowest BCUT2D eigenvalue weighted by Gasteiger charge is -2.05. The van der Waals surface area contributed by atoms with E-state index in [4.69, 9.17) is 4.74 Å². The van der Waals surface area contributed by atoms with Crippen LogP contribution in [0.15, 0.2) is 53.3 Å². The second kappa shape index (κ2) is 6.50. The summed E-state index contributed by atoms with van der Waals surface area (Å²) in [5.74, 6) is 0.454. The van der Waals surface area contributed by atoms with Crippen molar-refractivity contribution < 1.29 is 9.84 Å². The molecule has 122 valence electrons. The summed E-state index contributed by atoms with van der Waals surface area (Å²) in [5.41, 5.74) is 1.31. The molecule has 0 aliphatic heterocycles. The number of H-pyrrole nitrogens is 1. The van der Waals surface area contributed by atoms with Gasteiger partial charge in [-0.15, -0.1) is 0 Å². The van der Waals surface area contributed by atoms with Crippen molar-refractivity contribution in [3.63, 3.8) is 0 Å². The molecule has 0 unspecified atom stereocenters. The Labute approximate surface area is 138 Å². The van der Waals surface area contributed by atoms with Crippen molar-refractivity contribution in [1.82, 2.24) is 9.78 Å². The van der Waals surface area contributed by atoms with E-state index in [0.717, 1.165) is 11.3 Å². The van der Waals surface area contributed by atoms with Gasteiger partial charge in [-0.25, -0.2) is 4.68 Å². The normalized spacial score (nSPS) is 11.6. The number of nitrogens with one attached hydrogen (secondary N) is 1. The summed E-state index contributed by atoms with van der Waals surface area (Å²) < 4.78 is 6.83. The van der Waals surface area contributed by atoms with E-state index < -0.39 is 0 Å². The maximum absolute atomic E-state index is 12.7. The molecule has 24 heavy (non-hydrogen) atoms. The minimum absolute atomic E-state index is 0.0691. The zero-order chi connectivity index (χ0) is 17.1. The SMILES string of the molecule is C=c1[nH]n(-c2ccccc2)c(=O)c1=Cc1ccc(O)c(OCC)c1. The van der Waals surface area contributed by atoms with E-state index in [-0.39, 0.29) is 11.3 Å². The highest BCUT2D eigenvalue weighted by molar-refractivity contribution is 5.55. The Balaban J connectivity index is 2.12. The van der Waals surface area contributed by atoms with Crippen LogP contribution in [-0.4, -0.2) is 21.5 Å². The van der Waals surface area contributed by atoms with E-state index in [2.05, 4.69) is 11.7 Å². The van der Waals surface area contributed by atoms with Crippen LogP contribution in [0, 0.1) is 0 Å². The molecule has 3 aromatic rings. The second-order valence-corrected chi connectivity index (χ2v) is 5.28. The van der Waals surface area contributed by atoms with Crippen molar-refractivity contribution in [1.29, 1.82) is 0 Å². The van der Waals surface area contributed by atoms with Crippen LogP contribution in [-0.2, 0) is 0 Å². The highest BCUT2D eigenvalue weighted by Gasteiger charge is 2.06. The van der Waals surface area contributed by atoms with Crippen LogP contribution >= 0.6 is 0 Å². The number of aromatic hydroxyl groups is 1. The molecule has 1 aromatic heterocycles. The molecule has 0 saturated heterocycles. The molecule has 5 nitrogen and oxygen atoms in total. The number of hydrogen-bond donors (Lipinski definition) is 2. The molecule has 0 fully saturated rings. The quantitative estimate of drug-likeness (QED) is 0.765. The first-order chi connectivity index (χ1) is 11.6. The van der Waals surface area contributed by atoms with Gasteiger partial charge in [0.05, 0.1) is 22.9 Å². The molecule has 0 spiro atoms. The number of rotatable bonds is 4. The van der Waals surface area contributed by atoms with E-state index >= 15 is 0 Å². The Morgan fingerprint density at radius 1 is 1.25 bits per heavy atom. The molecule has 1 heterocycles. The summed E-state index contributed by atoms with van der Waals surface area (Å²) in [6.07, 6.45) is 1.72. The predicted molar refractivity (Wildman–Crippen MR) is 94.0 cm³/mol. The first-order valence-electron chi connectivity index (χ1n) is 7.63. The van der Waals surface area contributed by atoms with Crippen LogP contribution in [0.2, 0.25) is 0 Å². The molecule has 2 aromatic carbocycles. The standard InChI is InChI=1S/C19H18N2O3/c1-3-24-18-12-14(9-10-17(18)22)11-16-13(2)20-21(19(16)23)15-7-5-4-6-8-15/h4-12,20,22H,2-3H2,1H3. The lowest BCUT2D eigenvalue weighted by Crippen LogP contribution is -2.33. The lowest BCUT2D eigenvalue weighted by molar-refractivity contribution is 0.318. The third-order valence-electron chi connectivity index (χ3n) is 3.61. The van der Waals surface area contributed by atoms with Crippen molar-refractivity contribution in [2.75, 3.05) is 6.61 Å². The molecule has 0 saturated carbocycles. The van der Waals surface area contributed by atoms with Gasteiger partial charge in [-0.3, -0.25) is 9.89 Å². The fraction of sp³-hybridized carbons (Fsp3) is 0.105. The van der Waals surface area contributed by atoms with Crippen LogP contribution < -0.4 is 20.9 Å². The number of ether oxygens (including phenoxy) is 1. The summed E-state index contributed by atoms with van der Waals surface area (Å²) in [6.45, 7) is 6.20. The van der Waals surface area contributed by atoms with Crippen LogP contribution in [0.25, 0.3) is 18.3 Å². The Morgan fingerprint density at radius 3 is 2.71 bits per heavy atom. The second-order valence-electron chi connectivity index (χ2n) is 5.28. The highest BCUT2D eigenvalue weighted by Crippen LogP contribution is 2.26. The van der Waals surface area contributed by atoms with Gasteiger partial charge in [0.25, 0.3) is 5.56 Å². The zero-order valence-electron chi connectivity index (χ0n) is 13.3. The van der Waals surface area contributed by atoms with Gasteiger partial charge in [0.2, 0.25) is 0 Å². The van der Waals surface area contributed by atoms with Crippen LogP contribution in [0.1, 0.15) is 12.5 Å². The number of hydrogen-bond acceptors (Lipinski definition) is 3. The largest absolute Gasteiger partial charge is 0.504 e. The summed E-state index contributed by atoms with van der Waals surface area (Å²) in [6, 6.07) is 14.3. The Morgan fingerprint density at radius 2 is 2.00 bits per heavy atom. The number of nitrogens with zero attached hydrogens (tertiary/aromatic N) is 1.